The molecule has 0 spiro atoms. The summed E-state index contributed by atoms with van der Waals surface area (Å²) in [5.41, 5.74) is -0.104. The summed E-state index contributed by atoms with van der Waals surface area (Å²) in [7, 11) is 0. The standard InChI is InChI=1S/C12H19N3O2S/c1-8(2)15-12(4,10(16)17)7-18-11-13-6-5-9(3)14-11/h5-6,8,15H,7H2,1-4H3,(H,16,17). The number of hydrogen-bond acceptors (Lipinski definition) is 5. The molecule has 0 aliphatic heterocycles. The third-order valence-electron chi connectivity index (χ3n) is 2.34. The minimum absolute atomic E-state index is 0.102. The quantitative estimate of drug-likeness (QED) is 0.605. The minimum atomic E-state index is -0.980. The van der Waals surface area contributed by atoms with E-state index in [0.717, 1.165) is 5.69 Å². The van der Waals surface area contributed by atoms with Gasteiger partial charge >= 0.3 is 5.97 Å². The second kappa shape index (κ2) is 6.15. The molecule has 2 N–H and O–H groups in total. The molecule has 0 bridgehead atoms. The lowest BCUT2D eigenvalue weighted by atomic mass is 10.1. The van der Waals surface area contributed by atoms with Gasteiger partial charge in [0, 0.05) is 23.7 Å². The van der Waals surface area contributed by atoms with Crippen LogP contribution in [0.25, 0.3) is 0 Å². The van der Waals surface area contributed by atoms with E-state index in [1.54, 1.807) is 13.1 Å². The van der Waals surface area contributed by atoms with Gasteiger partial charge < -0.3 is 5.11 Å². The average molecular weight is 269 g/mol. The highest BCUT2D eigenvalue weighted by molar-refractivity contribution is 7.99. The molecule has 0 saturated carbocycles. The van der Waals surface area contributed by atoms with E-state index < -0.39 is 11.5 Å². The molecule has 1 aromatic rings. The molecule has 0 aromatic carbocycles. The van der Waals surface area contributed by atoms with Gasteiger partial charge in [0.05, 0.1) is 0 Å². The predicted molar refractivity (Wildman–Crippen MR) is 71.8 cm³/mol. The lowest BCUT2D eigenvalue weighted by molar-refractivity contribution is -0.143. The summed E-state index contributed by atoms with van der Waals surface area (Å²) in [6.45, 7) is 7.41. The van der Waals surface area contributed by atoms with Crippen molar-refractivity contribution >= 4 is 17.7 Å². The number of thioether (sulfide) groups is 1. The molecule has 1 unspecified atom stereocenters. The molecule has 0 aliphatic rings. The Kier molecular flexibility index (Phi) is 5.10. The summed E-state index contributed by atoms with van der Waals surface area (Å²) >= 11 is 1.35. The summed E-state index contributed by atoms with van der Waals surface area (Å²) in [5, 5.41) is 13.0. The number of aromatic nitrogens is 2. The fourth-order valence-corrected chi connectivity index (χ4v) is 2.48. The second-order valence-electron chi connectivity index (χ2n) is 4.71. The molecule has 1 aromatic heterocycles. The number of nitrogens with zero attached hydrogens (tertiary/aromatic N) is 2. The largest absolute Gasteiger partial charge is 0.480 e. The Morgan fingerprint density at radius 2 is 2.28 bits per heavy atom. The molecule has 100 valence electrons. The van der Waals surface area contributed by atoms with Gasteiger partial charge in [-0.3, -0.25) is 10.1 Å². The van der Waals surface area contributed by atoms with Crippen LogP contribution < -0.4 is 5.32 Å². The number of carboxylic acids is 1. The summed E-state index contributed by atoms with van der Waals surface area (Å²) in [4.78, 5) is 19.7. The van der Waals surface area contributed by atoms with Crippen molar-refractivity contribution in [2.75, 3.05) is 5.75 Å². The smallest absolute Gasteiger partial charge is 0.324 e. The van der Waals surface area contributed by atoms with Crippen molar-refractivity contribution in [3.8, 4) is 0 Å². The lowest BCUT2D eigenvalue weighted by Crippen LogP contribution is -2.54. The van der Waals surface area contributed by atoms with Crippen molar-refractivity contribution in [2.24, 2.45) is 0 Å². The van der Waals surface area contributed by atoms with Crippen LogP contribution in [0.2, 0.25) is 0 Å². The molecule has 0 fully saturated rings. The second-order valence-corrected chi connectivity index (χ2v) is 5.65. The summed E-state index contributed by atoms with van der Waals surface area (Å²) in [5.74, 6) is -0.486. The average Bonchev–Trinajstić information content (AvgIpc) is 2.25. The third kappa shape index (κ3) is 4.27. The first kappa shape index (κ1) is 14.9. The molecule has 18 heavy (non-hydrogen) atoms. The highest BCUT2D eigenvalue weighted by Gasteiger charge is 2.33. The minimum Gasteiger partial charge on any atom is -0.480 e. The molecule has 0 saturated heterocycles. The number of aryl methyl sites for hydroxylation is 1. The molecule has 1 rings (SSSR count). The van der Waals surface area contributed by atoms with Gasteiger partial charge in [-0.15, -0.1) is 0 Å². The topological polar surface area (TPSA) is 75.1 Å². The molecule has 0 radical (unpaired) electrons. The highest BCUT2D eigenvalue weighted by Crippen LogP contribution is 2.20. The van der Waals surface area contributed by atoms with Gasteiger partial charge in [0.25, 0.3) is 0 Å². The zero-order valence-electron chi connectivity index (χ0n) is 11.1. The zero-order valence-corrected chi connectivity index (χ0v) is 11.9. The Labute approximate surface area is 111 Å². The van der Waals surface area contributed by atoms with E-state index in [9.17, 15) is 9.90 Å². The van der Waals surface area contributed by atoms with E-state index in [1.807, 2.05) is 26.8 Å². The molecule has 6 heteroatoms. The number of carbonyl (C=O) groups is 1. The highest BCUT2D eigenvalue weighted by atomic mass is 32.2. The SMILES string of the molecule is Cc1ccnc(SCC(C)(NC(C)C)C(=O)O)n1. The van der Waals surface area contributed by atoms with Crippen molar-refractivity contribution in [1.82, 2.24) is 15.3 Å². The van der Waals surface area contributed by atoms with Crippen LogP contribution in [-0.4, -0.2) is 38.4 Å². The third-order valence-corrected chi connectivity index (χ3v) is 3.52. The Balaban J connectivity index is 2.71. The van der Waals surface area contributed by atoms with E-state index in [4.69, 9.17) is 0 Å². The maximum Gasteiger partial charge on any atom is 0.324 e. The molecule has 0 amide bonds. The summed E-state index contributed by atoms with van der Waals surface area (Å²) in [6.07, 6.45) is 1.68. The molecular weight excluding hydrogens is 250 g/mol. The van der Waals surface area contributed by atoms with Crippen LogP contribution in [0.1, 0.15) is 26.5 Å². The Morgan fingerprint density at radius 1 is 1.61 bits per heavy atom. The van der Waals surface area contributed by atoms with E-state index in [2.05, 4.69) is 15.3 Å². The van der Waals surface area contributed by atoms with E-state index in [0.29, 0.717) is 10.9 Å². The molecule has 5 nitrogen and oxygen atoms in total. The number of nitrogens with one attached hydrogen (secondary N) is 1. The van der Waals surface area contributed by atoms with Crippen LogP contribution in [0, 0.1) is 6.92 Å². The summed E-state index contributed by atoms with van der Waals surface area (Å²) in [6, 6.07) is 1.91. The normalized spacial score (nSPS) is 14.5. The van der Waals surface area contributed by atoms with E-state index in [1.165, 1.54) is 11.8 Å². The first-order chi connectivity index (χ1) is 8.33. The number of rotatable bonds is 6. The Hall–Kier alpha value is -1.14. The van der Waals surface area contributed by atoms with Crippen molar-refractivity contribution < 1.29 is 9.90 Å². The van der Waals surface area contributed by atoms with Crippen molar-refractivity contribution in [3.05, 3.63) is 18.0 Å². The monoisotopic (exact) mass is 269 g/mol. The molecule has 0 aliphatic carbocycles. The van der Waals surface area contributed by atoms with Gasteiger partial charge in [-0.25, -0.2) is 9.97 Å². The van der Waals surface area contributed by atoms with Crippen molar-refractivity contribution in [3.63, 3.8) is 0 Å². The maximum absolute atomic E-state index is 11.3. The van der Waals surface area contributed by atoms with Crippen LogP contribution in [0.3, 0.4) is 0 Å². The maximum atomic E-state index is 11.3. The van der Waals surface area contributed by atoms with Crippen molar-refractivity contribution in [2.45, 2.75) is 44.4 Å². The Bertz CT molecular complexity index is 426. The first-order valence-electron chi connectivity index (χ1n) is 5.77. The Morgan fingerprint density at radius 3 is 2.78 bits per heavy atom. The molecular formula is C12H19N3O2S. The van der Waals surface area contributed by atoms with Crippen molar-refractivity contribution in [1.29, 1.82) is 0 Å². The fourth-order valence-electron chi connectivity index (χ4n) is 1.51. The van der Waals surface area contributed by atoms with Gasteiger partial charge in [-0.2, -0.15) is 0 Å². The fraction of sp³-hybridized carbons (Fsp3) is 0.583. The van der Waals surface area contributed by atoms with Gasteiger partial charge in [-0.1, -0.05) is 11.8 Å². The molecule has 1 heterocycles. The first-order valence-corrected chi connectivity index (χ1v) is 6.75. The van der Waals surface area contributed by atoms with Gasteiger partial charge in [0.15, 0.2) is 5.16 Å². The van der Waals surface area contributed by atoms with Gasteiger partial charge in [0.1, 0.15) is 5.54 Å². The van der Waals surface area contributed by atoms with Crippen LogP contribution in [0.5, 0.6) is 0 Å². The number of carboxylic acid groups (broad SMARTS) is 1. The predicted octanol–water partition coefficient (Wildman–Crippen LogP) is 1.72. The van der Waals surface area contributed by atoms with Gasteiger partial charge in [-0.05, 0) is 33.8 Å². The zero-order chi connectivity index (χ0) is 13.8. The summed E-state index contributed by atoms with van der Waals surface area (Å²) < 4.78 is 0. The van der Waals surface area contributed by atoms with Crippen LogP contribution in [-0.2, 0) is 4.79 Å². The number of hydrogen-bond donors (Lipinski definition) is 2. The molecule has 1 atom stereocenters. The van der Waals surface area contributed by atoms with E-state index in [-0.39, 0.29) is 6.04 Å². The lowest BCUT2D eigenvalue weighted by Gasteiger charge is -2.27. The van der Waals surface area contributed by atoms with E-state index >= 15 is 0 Å². The van der Waals surface area contributed by atoms with Gasteiger partial charge in [0.2, 0.25) is 0 Å². The number of aliphatic carboxylic acids is 1. The van der Waals surface area contributed by atoms with Crippen LogP contribution in [0.15, 0.2) is 17.4 Å². The van der Waals surface area contributed by atoms with Crippen LogP contribution in [0.4, 0.5) is 0 Å². The van der Waals surface area contributed by atoms with Crippen LogP contribution >= 0.6 is 11.8 Å².